The van der Waals surface area contributed by atoms with Crippen molar-refractivity contribution >= 4 is 33.1 Å². The van der Waals surface area contributed by atoms with Crippen LogP contribution in [0.5, 0.6) is 5.75 Å². The molecule has 0 aliphatic carbocycles. The molecular weight excluding hydrogens is 476 g/mol. The van der Waals surface area contributed by atoms with Gasteiger partial charge in [0.05, 0.1) is 19.1 Å². The van der Waals surface area contributed by atoms with E-state index in [4.69, 9.17) is 4.74 Å². The third-order valence-electron chi connectivity index (χ3n) is 5.82. The molecule has 0 radical (unpaired) electrons. The molecule has 36 heavy (non-hydrogen) atoms. The molecule has 3 rings (SSSR count). The van der Waals surface area contributed by atoms with Gasteiger partial charge in [-0.25, -0.2) is 8.42 Å². The normalized spacial score (nSPS) is 12.5. The van der Waals surface area contributed by atoms with Crippen LogP contribution in [0, 0.1) is 0 Å². The monoisotopic (exact) mass is 508 g/mol. The minimum absolute atomic E-state index is 0.0197. The zero-order valence-electron chi connectivity index (χ0n) is 21.4. The van der Waals surface area contributed by atoms with Crippen molar-refractivity contribution in [3.05, 3.63) is 89.5 Å². The van der Waals surface area contributed by atoms with E-state index in [0.717, 1.165) is 16.1 Å². The molecular formula is C28H32N2O5S. The fourth-order valence-electron chi connectivity index (χ4n) is 3.81. The van der Waals surface area contributed by atoms with Gasteiger partial charge in [-0.05, 0) is 54.3 Å². The average molecular weight is 509 g/mol. The first-order chi connectivity index (χ1) is 16.8. The van der Waals surface area contributed by atoms with Gasteiger partial charge in [0.2, 0.25) is 15.9 Å². The summed E-state index contributed by atoms with van der Waals surface area (Å²) >= 11 is 0. The summed E-state index contributed by atoms with van der Waals surface area (Å²) in [5.41, 5.74) is 2.80. The zero-order chi connectivity index (χ0) is 26.7. The van der Waals surface area contributed by atoms with Crippen LogP contribution in [0.2, 0.25) is 0 Å². The molecule has 7 nitrogen and oxygen atoms in total. The van der Waals surface area contributed by atoms with Crippen molar-refractivity contribution in [1.29, 1.82) is 0 Å². The lowest BCUT2D eigenvalue weighted by Crippen LogP contribution is -2.45. The van der Waals surface area contributed by atoms with Crippen LogP contribution in [0.3, 0.4) is 0 Å². The van der Waals surface area contributed by atoms with Crippen molar-refractivity contribution in [3.63, 3.8) is 0 Å². The zero-order valence-corrected chi connectivity index (χ0v) is 22.2. The first-order valence-electron chi connectivity index (χ1n) is 11.5. The molecule has 1 atom stereocenters. The summed E-state index contributed by atoms with van der Waals surface area (Å²) < 4.78 is 31.3. The van der Waals surface area contributed by atoms with Crippen LogP contribution < -0.4 is 14.4 Å². The molecule has 190 valence electrons. The molecule has 8 heteroatoms. The Labute approximate surface area is 213 Å². The van der Waals surface area contributed by atoms with E-state index in [0.29, 0.717) is 28.3 Å². The maximum absolute atomic E-state index is 13.1. The molecule has 0 spiro atoms. The quantitative estimate of drug-likeness (QED) is 0.432. The third-order valence-corrected chi connectivity index (χ3v) is 7.06. The highest BCUT2D eigenvalue weighted by Gasteiger charge is 2.29. The average Bonchev–Trinajstić information content (AvgIpc) is 2.83. The number of nitrogens with zero attached hydrogens (tertiary/aromatic N) is 1. The number of hydrogen-bond acceptors (Lipinski definition) is 5. The van der Waals surface area contributed by atoms with Crippen molar-refractivity contribution in [2.24, 2.45) is 0 Å². The number of ether oxygens (including phenoxy) is 1. The molecule has 0 bridgehead atoms. The molecule has 1 amide bonds. The number of amides is 1. The van der Waals surface area contributed by atoms with E-state index in [1.54, 1.807) is 60.7 Å². The van der Waals surface area contributed by atoms with Crippen LogP contribution in [-0.4, -0.2) is 39.5 Å². The minimum Gasteiger partial charge on any atom is -0.497 e. The SMILES string of the molecule is COc1ccc(N(C(C)C(=O)Nc2cccc(C(=O)c3ccc(C(C)(C)C)cc3)c2)S(C)(=O)=O)cc1. The number of nitrogens with one attached hydrogen (secondary N) is 1. The molecule has 0 saturated carbocycles. The molecule has 0 aromatic heterocycles. The Morgan fingerprint density at radius 2 is 1.53 bits per heavy atom. The lowest BCUT2D eigenvalue weighted by molar-refractivity contribution is -0.116. The highest BCUT2D eigenvalue weighted by molar-refractivity contribution is 7.92. The van der Waals surface area contributed by atoms with Gasteiger partial charge in [0.1, 0.15) is 11.8 Å². The number of carbonyl (C=O) groups is 2. The van der Waals surface area contributed by atoms with Crippen molar-refractivity contribution in [1.82, 2.24) is 0 Å². The van der Waals surface area contributed by atoms with Crippen molar-refractivity contribution < 1.29 is 22.7 Å². The smallest absolute Gasteiger partial charge is 0.247 e. The fraction of sp³-hybridized carbons (Fsp3) is 0.286. The predicted octanol–water partition coefficient (Wildman–Crippen LogP) is 5.02. The molecule has 0 saturated heterocycles. The molecule has 0 aliphatic heterocycles. The molecule has 1 N–H and O–H groups in total. The van der Waals surface area contributed by atoms with Crippen LogP contribution in [0.15, 0.2) is 72.8 Å². The fourth-order valence-corrected chi connectivity index (χ4v) is 4.99. The summed E-state index contributed by atoms with van der Waals surface area (Å²) in [5, 5.41) is 2.74. The second-order valence-electron chi connectivity index (χ2n) is 9.66. The largest absolute Gasteiger partial charge is 0.497 e. The number of methoxy groups -OCH3 is 1. The first-order valence-corrected chi connectivity index (χ1v) is 13.4. The number of anilines is 2. The molecule has 0 heterocycles. The van der Waals surface area contributed by atoms with Gasteiger partial charge in [-0.3, -0.25) is 13.9 Å². The van der Waals surface area contributed by atoms with Crippen LogP contribution >= 0.6 is 0 Å². The Bertz CT molecular complexity index is 1340. The van der Waals surface area contributed by atoms with Crippen molar-refractivity contribution in [3.8, 4) is 5.75 Å². The van der Waals surface area contributed by atoms with Crippen LogP contribution in [-0.2, 0) is 20.2 Å². The van der Waals surface area contributed by atoms with E-state index < -0.39 is 22.0 Å². The van der Waals surface area contributed by atoms with E-state index in [-0.39, 0.29) is 11.2 Å². The Morgan fingerprint density at radius 1 is 0.917 bits per heavy atom. The summed E-state index contributed by atoms with van der Waals surface area (Å²) in [4.78, 5) is 26.1. The van der Waals surface area contributed by atoms with Gasteiger partial charge in [0, 0.05) is 16.8 Å². The second-order valence-corrected chi connectivity index (χ2v) is 11.5. The standard InChI is InChI=1S/C28H32N2O5S/c1-19(30(36(6,33)34)24-14-16-25(35-5)17-15-24)27(32)29-23-9-7-8-21(18-23)26(31)20-10-12-22(13-11-20)28(2,3)4/h7-19H,1-6H3,(H,29,32). The molecule has 0 fully saturated rings. The lowest BCUT2D eigenvalue weighted by Gasteiger charge is -2.28. The first kappa shape index (κ1) is 26.9. The van der Waals surface area contributed by atoms with E-state index >= 15 is 0 Å². The van der Waals surface area contributed by atoms with E-state index in [9.17, 15) is 18.0 Å². The Morgan fingerprint density at radius 3 is 2.06 bits per heavy atom. The van der Waals surface area contributed by atoms with Crippen molar-refractivity contribution in [2.45, 2.75) is 39.2 Å². The van der Waals surface area contributed by atoms with E-state index in [2.05, 4.69) is 26.1 Å². The summed E-state index contributed by atoms with van der Waals surface area (Å²) in [7, 11) is -2.26. The minimum atomic E-state index is -3.77. The van der Waals surface area contributed by atoms with E-state index in [1.807, 2.05) is 12.1 Å². The summed E-state index contributed by atoms with van der Waals surface area (Å²) in [6.45, 7) is 7.83. The number of rotatable bonds is 8. The molecule has 3 aromatic rings. The van der Waals surface area contributed by atoms with Gasteiger partial charge >= 0.3 is 0 Å². The maximum atomic E-state index is 13.1. The maximum Gasteiger partial charge on any atom is 0.247 e. The lowest BCUT2D eigenvalue weighted by atomic mass is 9.86. The van der Waals surface area contributed by atoms with Gasteiger partial charge in [-0.15, -0.1) is 0 Å². The van der Waals surface area contributed by atoms with E-state index in [1.165, 1.54) is 14.0 Å². The molecule has 3 aromatic carbocycles. The predicted molar refractivity (Wildman–Crippen MR) is 143 cm³/mol. The molecule has 0 aliphatic rings. The highest BCUT2D eigenvalue weighted by atomic mass is 32.2. The van der Waals surface area contributed by atoms with Gasteiger partial charge in [-0.1, -0.05) is 57.2 Å². The van der Waals surface area contributed by atoms with Gasteiger partial charge in [0.15, 0.2) is 5.78 Å². The Balaban J connectivity index is 1.80. The Hall–Kier alpha value is -3.65. The van der Waals surface area contributed by atoms with Crippen molar-refractivity contribution in [2.75, 3.05) is 23.0 Å². The van der Waals surface area contributed by atoms with Gasteiger partial charge in [-0.2, -0.15) is 0 Å². The summed E-state index contributed by atoms with van der Waals surface area (Å²) in [6.07, 6.45) is 1.05. The van der Waals surface area contributed by atoms with Crippen LogP contribution in [0.4, 0.5) is 11.4 Å². The summed E-state index contributed by atoms with van der Waals surface area (Å²) in [5.74, 6) is -0.134. The van der Waals surface area contributed by atoms with Crippen LogP contribution in [0.1, 0.15) is 49.2 Å². The Kier molecular flexibility index (Phi) is 7.89. The number of sulfonamides is 1. The van der Waals surface area contributed by atoms with Gasteiger partial charge in [0.25, 0.3) is 0 Å². The molecule has 1 unspecified atom stereocenters. The van der Waals surface area contributed by atoms with Gasteiger partial charge < -0.3 is 10.1 Å². The third kappa shape index (κ3) is 6.31. The number of benzene rings is 3. The number of carbonyl (C=O) groups excluding carboxylic acids is 2. The summed E-state index contributed by atoms with van der Waals surface area (Å²) in [6, 6.07) is 19.4. The highest BCUT2D eigenvalue weighted by Crippen LogP contribution is 2.25. The second kappa shape index (κ2) is 10.5. The number of hydrogen-bond donors (Lipinski definition) is 1. The number of ketones is 1. The van der Waals surface area contributed by atoms with Crippen LogP contribution in [0.25, 0.3) is 0 Å². The topological polar surface area (TPSA) is 92.8 Å².